The van der Waals surface area contributed by atoms with Gasteiger partial charge in [0.2, 0.25) is 0 Å². The lowest BCUT2D eigenvalue weighted by molar-refractivity contribution is -0.139. The molecule has 0 fully saturated rings. The molecule has 0 amide bonds. The summed E-state index contributed by atoms with van der Waals surface area (Å²) in [5, 5.41) is 10.6. The van der Waals surface area contributed by atoms with Crippen molar-refractivity contribution in [2.75, 3.05) is 13.7 Å². The van der Waals surface area contributed by atoms with Gasteiger partial charge in [-0.2, -0.15) is 0 Å². The molecule has 4 heteroatoms. The summed E-state index contributed by atoms with van der Waals surface area (Å²) >= 11 is 0. The number of methoxy groups -OCH3 is 1. The maximum atomic E-state index is 11.6. The molecule has 0 radical (unpaired) electrons. The van der Waals surface area contributed by atoms with Crippen LogP contribution in [-0.4, -0.2) is 30.9 Å². The van der Waals surface area contributed by atoms with Crippen LogP contribution in [0.15, 0.2) is 60.7 Å². The number of benzene rings is 3. The highest BCUT2D eigenvalue weighted by Gasteiger charge is 2.32. The Morgan fingerprint density at radius 1 is 0.846 bits per heavy atom. The van der Waals surface area contributed by atoms with Crippen molar-refractivity contribution < 1.29 is 19.4 Å². The lowest BCUT2D eigenvalue weighted by Crippen LogP contribution is -2.34. The van der Waals surface area contributed by atoms with Crippen LogP contribution in [0.5, 0.6) is 5.75 Å². The number of hydrogen-bond acceptors (Lipinski definition) is 4. The van der Waals surface area contributed by atoms with Gasteiger partial charge in [-0.15, -0.1) is 0 Å². The number of carbonyl (C=O) groups is 1. The molecule has 0 saturated heterocycles. The molecule has 3 aromatic rings. The molecular formula is C35H46O4. The maximum Gasteiger partial charge on any atom is 0.309 e. The van der Waals surface area contributed by atoms with E-state index in [1.54, 1.807) is 0 Å². The van der Waals surface area contributed by atoms with Crippen LogP contribution in [-0.2, 0) is 21.4 Å². The minimum Gasteiger partial charge on any atom is -0.491 e. The molecule has 0 aliphatic carbocycles. The predicted octanol–water partition coefficient (Wildman–Crippen LogP) is 7.97. The highest BCUT2D eigenvalue weighted by molar-refractivity contribution is 5.73. The highest BCUT2D eigenvalue weighted by atomic mass is 16.5. The third kappa shape index (κ3) is 6.73. The Labute approximate surface area is 235 Å². The summed E-state index contributed by atoms with van der Waals surface area (Å²) in [6.07, 6.45) is 2.62. The van der Waals surface area contributed by atoms with Crippen LogP contribution in [0.1, 0.15) is 81.7 Å². The van der Waals surface area contributed by atoms with Crippen LogP contribution < -0.4 is 4.74 Å². The lowest BCUT2D eigenvalue weighted by Gasteiger charge is -2.34. The van der Waals surface area contributed by atoms with Gasteiger partial charge in [0, 0.05) is 5.41 Å². The Kier molecular flexibility index (Phi) is 10.0. The van der Waals surface area contributed by atoms with Gasteiger partial charge in [0.05, 0.1) is 19.6 Å². The first-order valence-electron chi connectivity index (χ1n) is 14.2. The normalized spacial score (nSPS) is 12.7. The molecule has 4 nitrogen and oxygen atoms in total. The highest BCUT2D eigenvalue weighted by Crippen LogP contribution is 2.42. The van der Waals surface area contributed by atoms with Gasteiger partial charge < -0.3 is 14.6 Å². The number of esters is 1. The van der Waals surface area contributed by atoms with Gasteiger partial charge in [-0.05, 0) is 83.5 Å². The summed E-state index contributed by atoms with van der Waals surface area (Å²) in [6.45, 7) is 15.3. The van der Waals surface area contributed by atoms with E-state index in [0.29, 0.717) is 0 Å². The number of aliphatic hydroxyl groups excluding tert-OH is 1. The minimum absolute atomic E-state index is 0.110. The van der Waals surface area contributed by atoms with E-state index < -0.39 is 6.10 Å². The first-order chi connectivity index (χ1) is 18.5. The maximum absolute atomic E-state index is 11.6. The van der Waals surface area contributed by atoms with Crippen molar-refractivity contribution in [1.82, 2.24) is 0 Å². The van der Waals surface area contributed by atoms with Gasteiger partial charge in [-0.1, -0.05) is 89.2 Å². The molecular weight excluding hydrogens is 484 g/mol. The monoisotopic (exact) mass is 530 g/mol. The van der Waals surface area contributed by atoms with Crippen molar-refractivity contribution >= 4 is 5.97 Å². The Balaban J connectivity index is 1.87. The SMILES string of the molecule is CCC(CC)(c1ccc(OCC(O)C(C)(C)CC)c(C)c1)c1ccc(-c2ccc(CC(=O)OC)cc2)c(C)c1. The molecule has 0 heterocycles. The second-order valence-corrected chi connectivity index (χ2v) is 11.4. The molecule has 1 unspecified atom stereocenters. The zero-order valence-corrected chi connectivity index (χ0v) is 25.1. The van der Waals surface area contributed by atoms with Crippen molar-refractivity contribution in [2.45, 2.75) is 85.7 Å². The van der Waals surface area contributed by atoms with E-state index in [1.165, 1.54) is 29.4 Å². The number of aliphatic hydroxyl groups is 1. The van der Waals surface area contributed by atoms with Gasteiger partial charge in [-0.25, -0.2) is 0 Å². The largest absolute Gasteiger partial charge is 0.491 e. The second-order valence-electron chi connectivity index (χ2n) is 11.4. The van der Waals surface area contributed by atoms with Gasteiger partial charge in [0.25, 0.3) is 0 Å². The minimum atomic E-state index is -0.516. The molecule has 0 saturated carbocycles. The fourth-order valence-corrected chi connectivity index (χ4v) is 5.30. The molecule has 210 valence electrons. The molecule has 0 aliphatic rings. The van der Waals surface area contributed by atoms with E-state index in [-0.39, 0.29) is 29.8 Å². The molecule has 3 aromatic carbocycles. The summed E-state index contributed by atoms with van der Waals surface area (Å²) in [5.41, 5.74) is 7.89. The lowest BCUT2D eigenvalue weighted by atomic mass is 9.69. The molecule has 1 N–H and O–H groups in total. The molecule has 39 heavy (non-hydrogen) atoms. The second kappa shape index (κ2) is 12.8. The smallest absolute Gasteiger partial charge is 0.309 e. The van der Waals surface area contributed by atoms with Gasteiger partial charge in [0.1, 0.15) is 12.4 Å². The van der Waals surface area contributed by atoms with Crippen LogP contribution >= 0.6 is 0 Å². The zero-order valence-electron chi connectivity index (χ0n) is 25.1. The number of ether oxygens (including phenoxy) is 2. The molecule has 0 aromatic heterocycles. The first-order valence-corrected chi connectivity index (χ1v) is 14.2. The molecule has 1 atom stereocenters. The van der Waals surface area contributed by atoms with E-state index >= 15 is 0 Å². The van der Waals surface area contributed by atoms with Crippen LogP contribution in [0.4, 0.5) is 0 Å². The summed E-state index contributed by atoms with van der Waals surface area (Å²) < 4.78 is 10.9. The van der Waals surface area contributed by atoms with E-state index in [4.69, 9.17) is 9.47 Å². The van der Waals surface area contributed by atoms with Crippen molar-refractivity contribution in [2.24, 2.45) is 5.41 Å². The van der Waals surface area contributed by atoms with Crippen LogP contribution in [0, 0.1) is 19.3 Å². The van der Waals surface area contributed by atoms with E-state index in [0.717, 1.165) is 41.7 Å². The van der Waals surface area contributed by atoms with Crippen molar-refractivity contribution in [3.8, 4) is 16.9 Å². The number of carbonyl (C=O) groups excluding carboxylic acids is 1. The molecule has 0 aliphatic heterocycles. The third-order valence-electron chi connectivity index (χ3n) is 8.76. The predicted molar refractivity (Wildman–Crippen MR) is 160 cm³/mol. The Hall–Kier alpha value is -3.11. The standard InChI is InChI=1S/C35H46O4/c1-9-34(6,7)32(36)23-39-31-19-17-29(21-25(31)5)35(10-2,11-3)28-16-18-30(24(4)20-28)27-14-12-26(13-15-27)22-33(37)38-8/h12-21,32,36H,9-11,22-23H2,1-8H3. The van der Waals surface area contributed by atoms with E-state index in [9.17, 15) is 9.90 Å². The Morgan fingerprint density at radius 3 is 1.95 bits per heavy atom. The number of aryl methyl sites for hydroxylation is 2. The van der Waals surface area contributed by atoms with E-state index in [2.05, 4.69) is 97.0 Å². The summed E-state index contributed by atoms with van der Waals surface area (Å²) in [5.74, 6) is 0.597. The van der Waals surface area contributed by atoms with Crippen LogP contribution in [0.3, 0.4) is 0 Å². The molecule has 0 spiro atoms. The first kappa shape index (κ1) is 30.4. The molecule has 0 bridgehead atoms. The fourth-order valence-electron chi connectivity index (χ4n) is 5.30. The Morgan fingerprint density at radius 2 is 1.44 bits per heavy atom. The number of rotatable bonds is 12. The quantitative estimate of drug-likeness (QED) is 0.241. The summed E-state index contributed by atoms with van der Waals surface area (Å²) in [7, 11) is 1.41. The summed E-state index contributed by atoms with van der Waals surface area (Å²) in [6, 6.07) is 21.5. The Bertz CT molecular complexity index is 1250. The average Bonchev–Trinajstić information content (AvgIpc) is 2.94. The molecule has 3 rings (SSSR count). The van der Waals surface area contributed by atoms with Gasteiger partial charge in [0.15, 0.2) is 0 Å². The van der Waals surface area contributed by atoms with Crippen molar-refractivity contribution in [3.63, 3.8) is 0 Å². The van der Waals surface area contributed by atoms with Crippen LogP contribution in [0.2, 0.25) is 0 Å². The van der Waals surface area contributed by atoms with E-state index in [1.807, 2.05) is 12.1 Å². The topological polar surface area (TPSA) is 55.8 Å². The van der Waals surface area contributed by atoms with Crippen molar-refractivity contribution in [1.29, 1.82) is 0 Å². The van der Waals surface area contributed by atoms with Gasteiger partial charge >= 0.3 is 5.97 Å². The fraction of sp³-hybridized carbons (Fsp3) is 0.457. The van der Waals surface area contributed by atoms with Crippen molar-refractivity contribution in [3.05, 3.63) is 88.5 Å². The average molecular weight is 531 g/mol. The van der Waals surface area contributed by atoms with Gasteiger partial charge in [-0.3, -0.25) is 4.79 Å². The number of hydrogen-bond donors (Lipinski definition) is 1. The zero-order chi connectivity index (χ0) is 28.8. The van der Waals surface area contributed by atoms with Crippen LogP contribution in [0.25, 0.3) is 11.1 Å². The summed E-state index contributed by atoms with van der Waals surface area (Å²) in [4.78, 5) is 11.6. The third-order valence-corrected chi connectivity index (χ3v) is 8.76.